The highest BCUT2D eigenvalue weighted by atomic mass is 19.1. The molecule has 1 aliphatic heterocycles. The van der Waals surface area contributed by atoms with E-state index in [1.165, 1.54) is 13.2 Å². The summed E-state index contributed by atoms with van der Waals surface area (Å²) in [6, 6.07) is 9.13. The Hall–Kier alpha value is -2.36. The highest BCUT2D eigenvalue weighted by molar-refractivity contribution is 5.70. The van der Waals surface area contributed by atoms with Crippen molar-refractivity contribution in [1.29, 1.82) is 5.26 Å². The number of hydrazine groups is 1. The Morgan fingerprint density at radius 2 is 2.19 bits per heavy atom. The number of benzene rings is 1. The van der Waals surface area contributed by atoms with Crippen LogP contribution in [-0.2, 0) is 18.3 Å². The Bertz CT molecular complexity index is 732. The van der Waals surface area contributed by atoms with Crippen LogP contribution in [0, 0.1) is 17.1 Å². The summed E-state index contributed by atoms with van der Waals surface area (Å²) in [6.07, 6.45) is 0.742. The fourth-order valence-corrected chi connectivity index (χ4v) is 2.76. The van der Waals surface area contributed by atoms with Gasteiger partial charge in [-0.25, -0.2) is 4.39 Å². The van der Waals surface area contributed by atoms with E-state index in [2.05, 4.69) is 11.7 Å². The van der Waals surface area contributed by atoms with Crippen molar-refractivity contribution in [2.45, 2.75) is 6.42 Å². The van der Waals surface area contributed by atoms with Gasteiger partial charge in [-0.15, -0.1) is 5.59 Å². The number of nitriles is 1. The van der Waals surface area contributed by atoms with Crippen LogP contribution in [-0.4, -0.2) is 18.2 Å². The summed E-state index contributed by atoms with van der Waals surface area (Å²) in [5, 5.41) is 10.7. The van der Waals surface area contributed by atoms with Gasteiger partial charge >= 0.3 is 0 Å². The standard InChI is InChI=1S/C15H15FN4O/c1-19-12(9-17)3-4-14(19)11-7-10-5-6-20(18-21-2)15(10)13(16)8-11/h3-4,7-8,18H,5-6H2,1-2H3. The van der Waals surface area contributed by atoms with Crippen molar-refractivity contribution in [2.75, 3.05) is 18.7 Å². The van der Waals surface area contributed by atoms with Gasteiger partial charge in [0.05, 0.1) is 12.8 Å². The molecule has 0 unspecified atom stereocenters. The number of aromatic nitrogens is 1. The van der Waals surface area contributed by atoms with Gasteiger partial charge in [0.1, 0.15) is 17.6 Å². The van der Waals surface area contributed by atoms with Gasteiger partial charge in [0.2, 0.25) is 0 Å². The second-order valence-electron chi connectivity index (χ2n) is 4.94. The minimum absolute atomic E-state index is 0.302. The fourth-order valence-electron chi connectivity index (χ4n) is 2.76. The number of nitrogens with one attached hydrogen (secondary N) is 1. The SMILES string of the molecule is CONN1CCc2cc(-c3ccc(C#N)n3C)cc(F)c21. The average Bonchev–Trinajstić information content (AvgIpc) is 3.03. The summed E-state index contributed by atoms with van der Waals surface area (Å²) in [5.74, 6) is -0.302. The molecule has 0 fully saturated rings. The Kier molecular flexibility index (Phi) is 3.37. The minimum Gasteiger partial charge on any atom is -0.335 e. The van der Waals surface area contributed by atoms with E-state index >= 15 is 0 Å². The number of fused-ring (bicyclic) bond motifs is 1. The van der Waals surface area contributed by atoms with Crippen LogP contribution in [0.5, 0.6) is 0 Å². The first-order chi connectivity index (χ1) is 10.2. The highest BCUT2D eigenvalue weighted by Crippen LogP contribution is 2.34. The lowest BCUT2D eigenvalue weighted by Gasteiger charge is -2.19. The molecule has 0 spiro atoms. The van der Waals surface area contributed by atoms with Crippen LogP contribution in [0.15, 0.2) is 24.3 Å². The average molecular weight is 286 g/mol. The van der Waals surface area contributed by atoms with Crippen molar-refractivity contribution in [1.82, 2.24) is 10.2 Å². The molecule has 6 heteroatoms. The van der Waals surface area contributed by atoms with Gasteiger partial charge in [0.15, 0.2) is 0 Å². The predicted molar refractivity (Wildman–Crippen MR) is 76.7 cm³/mol. The van der Waals surface area contributed by atoms with Gasteiger partial charge in [-0.1, -0.05) is 0 Å². The maximum Gasteiger partial charge on any atom is 0.148 e. The van der Waals surface area contributed by atoms with Crippen LogP contribution < -0.4 is 10.6 Å². The van der Waals surface area contributed by atoms with E-state index in [9.17, 15) is 4.39 Å². The van der Waals surface area contributed by atoms with Crippen LogP contribution in [0.25, 0.3) is 11.3 Å². The van der Waals surface area contributed by atoms with E-state index < -0.39 is 0 Å². The zero-order chi connectivity index (χ0) is 15.0. The summed E-state index contributed by atoms with van der Waals surface area (Å²) in [6.45, 7) is 0.653. The van der Waals surface area contributed by atoms with Crippen molar-refractivity contribution in [2.24, 2.45) is 7.05 Å². The molecule has 1 aromatic heterocycles. The first-order valence-corrected chi connectivity index (χ1v) is 6.60. The molecule has 5 nitrogen and oxygen atoms in total. The van der Waals surface area contributed by atoms with Crippen molar-refractivity contribution >= 4 is 5.69 Å². The number of nitrogens with zero attached hydrogens (tertiary/aromatic N) is 3. The summed E-state index contributed by atoms with van der Waals surface area (Å²) in [4.78, 5) is 4.86. The first kappa shape index (κ1) is 13.6. The molecule has 108 valence electrons. The van der Waals surface area contributed by atoms with Gasteiger partial charge in [0.25, 0.3) is 0 Å². The molecule has 1 aromatic carbocycles. The third kappa shape index (κ3) is 2.17. The van der Waals surface area contributed by atoms with Gasteiger partial charge in [-0.2, -0.15) is 5.26 Å². The van der Waals surface area contributed by atoms with Gasteiger partial charge < -0.3 is 4.57 Å². The van der Waals surface area contributed by atoms with Gasteiger partial charge in [0, 0.05) is 24.8 Å². The van der Waals surface area contributed by atoms with Crippen LogP contribution in [0.1, 0.15) is 11.3 Å². The Balaban J connectivity index is 2.06. The molecule has 3 rings (SSSR count). The maximum absolute atomic E-state index is 14.4. The minimum atomic E-state index is -0.302. The van der Waals surface area contributed by atoms with Crippen LogP contribution >= 0.6 is 0 Å². The molecular formula is C15H15FN4O. The molecular weight excluding hydrogens is 271 g/mol. The lowest BCUT2D eigenvalue weighted by molar-refractivity contribution is 0.0837. The number of hydrogen-bond donors (Lipinski definition) is 1. The Morgan fingerprint density at radius 1 is 1.38 bits per heavy atom. The van der Waals surface area contributed by atoms with E-state index in [1.54, 1.807) is 22.7 Å². The van der Waals surface area contributed by atoms with E-state index in [4.69, 9.17) is 10.1 Å². The molecule has 21 heavy (non-hydrogen) atoms. The second-order valence-corrected chi connectivity index (χ2v) is 4.94. The van der Waals surface area contributed by atoms with Crippen molar-refractivity contribution < 1.29 is 9.23 Å². The summed E-state index contributed by atoms with van der Waals surface area (Å²) < 4.78 is 16.2. The van der Waals surface area contributed by atoms with Crippen molar-refractivity contribution in [3.63, 3.8) is 0 Å². The Morgan fingerprint density at radius 3 is 2.86 bits per heavy atom. The molecule has 0 saturated carbocycles. The number of rotatable bonds is 3. The third-order valence-electron chi connectivity index (χ3n) is 3.75. The fraction of sp³-hybridized carbons (Fsp3) is 0.267. The zero-order valence-corrected chi connectivity index (χ0v) is 11.9. The first-order valence-electron chi connectivity index (χ1n) is 6.60. The van der Waals surface area contributed by atoms with E-state index in [0.29, 0.717) is 17.9 Å². The lowest BCUT2D eigenvalue weighted by Crippen LogP contribution is -2.36. The van der Waals surface area contributed by atoms with Crippen LogP contribution in [0.3, 0.4) is 0 Å². The molecule has 1 N–H and O–H groups in total. The normalized spacial score (nSPS) is 13.3. The van der Waals surface area contributed by atoms with Crippen molar-refractivity contribution in [3.05, 3.63) is 41.3 Å². The molecule has 0 aliphatic carbocycles. The summed E-state index contributed by atoms with van der Waals surface area (Å²) in [5.41, 5.74) is 6.27. The number of halogens is 1. The number of hydrogen-bond acceptors (Lipinski definition) is 4. The third-order valence-corrected chi connectivity index (χ3v) is 3.75. The smallest absolute Gasteiger partial charge is 0.148 e. The second kappa shape index (κ2) is 5.20. The maximum atomic E-state index is 14.4. The van der Waals surface area contributed by atoms with Crippen LogP contribution in [0.4, 0.5) is 10.1 Å². The molecule has 2 heterocycles. The van der Waals surface area contributed by atoms with E-state index in [1.807, 2.05) is 12.1 Å². The summed E-state index contributed by atoms with van der Waals surface area (Å²) >= 11 is 0. The van der Waals surface area contributed by atoms with E-state index in [-0.39, 0.29) is 5.82 Å². The topological polar surface area (TPSA) is 53.2 Å². The summed E-state index contributed by atoms with van der Waals surface area (Å²) in [7, 11) is 3.30. The van der Waals surface area contributed by atoms with E-state index in [0.717, 1.165) is 23.2 Å². The molecule has 2 aromatic rings. The monoisotopic (exact) mass is 286 g/mol. The van der Waals surface area contributed by atoms with Crippen LogP contribution in [0.2, 0.25) is 0 Å². The molecule has 1 aliphatic rings. The largest absolute Gasteiger partial charge is 0.335 e. The quantitative estimate of drug-likeness (QED) is 0.878. The lowest BCUT2D eigenvalue weighted by atomic mass is 10.1. The molecule has 0 amide bonds. The molecule has 0 bridgehead atoms. The number of anilines is 1. The van der Waals surface area contributed by atoms with Crippen molar-refractivity contribution in [3.8, 4) is 17.3 Å². The van der Waals surface area contributed by atoms with Gasteiger partial charge in [-0.05, 0) is 36.2 Å². The van der Waals surface area contributed by atoms with Gasteiger partial charge in [-0.3, -0.25) is 9.85 Å². The molecule has 0 atom stereocenters. The molecule has 0 radical (unpaired) electrons. The molecule has 0 saturated heterocycles. The predicted octanol–water partition coefficient (Wildman–Crippen LogP) is 2.13. The Labute approximate surface area is 122 Å². The zero-order valence-electron chi connectivity index (χ0n) is 11.9. The highest BCUT2D eigenvalue weighted by Gasteiger charge is 2.24.